The van der Waals surface area contributed by atoms with Gasteiger partial charge in [-0.05, 0) is 36.6 Å². The summed E-state index contributed by atoms with van der Waals surface area (Å²) in [5.74, 6) is -1.34. The molecule has 0 saturated carbocycles. The molecule has 5 heteroatoms. The van der Waals surface area contributed by atoms with E-state index in [9.17, 15) is 8.78 Å². The molecule has 1 aromatic rings. The first-order valence-corrected chi connectivity index (χ1v) is 4.96. The van der Waals surface area contributed by atoms with Gasteiger partial charge in [-0.25, -0.2) is 8.78 Å². The summed E-state index contributed by atoms with van der Waals surface area (Å²) in [6, 6.07) is 2.72. The van der Waals surface area contributed by atoms with Crippen LogP contribution in [-0.2, 0) is 0 Å². The zero-order chi connectivity index (χ0) is 10.8. The molecule has 0 aliphatic carbocycles. The van der Waals surface area contributed by atoms with E-state index in [1.165, 1.54) is 19.2 Å². The predicted molar refractivity (Wildman–Crippen MR) is 60.4 cm³/mol. The summed E-state index contributed by atoms with van der Waals surface area (Å²) < 4.78 is 31.4. The first kappa shape index (κ1) is 13.2. The number of nitrogens with one attached hydrogen (secondary N) is 1. The predicted octanol–water partition coefficient (Wildman–Crippen LogP) is 2.47. The van der Waals surface area contributed by atoms with Crippen molar-refractivity contribution in [2.45, 2.75) is 12.3 Å². The van der Waals surface area contributed by atoms with Gasteiger partial charge in [0.2, 0.25) is 0 Å². The molecule has 2 nitrogen and oxygen atoms in total. The zero-order valence-corrected chi connectivity index (χ0v) is 9.74. The third-order valence-corrected chi connectivity index (χ3v) is 2.76. The molecule has 1 aliphatic rings. The van der Waals surface area contributed by atoms with E-state index in [0.29, 0.717) is 5.56 Å². The number of methoxy groups -OCH3 is 1. The highest BCUT2D eigenvalue weighted by molar-refractivity contribution is 5.85. The number of ether oxygens (including phenoxy) is 1. The van der Waals surface area contributed by atoms with Crippen molar-refractivity contribution in [2.75, 3.05) is 20.2 Å². The van der Waals surface area contributed by atoms with E-state index in [1.54, 1.807) is 0 Å². The molecular formula is C11H14ClF2NO. The van der Waals surface area contributed by atoms with E-state index >= 15 is 0 Å². The van der Waals surface area contributed by atoms with Gasteiger partial charge in [0.05, 0.1) is 7.11 Å². The number of hydrogen-bond acceptors (Lipinski definition) is 2. The monoisotopic (exact) mass is 249 g/mol. The second-order valence-corrected chi connectivity index (χ2v) is 3.71. The largest absolute Gasteiger partial charge is 0.491 e. The molecule has 1 unspecified atom stereocenters. The molecule has 1 aliphatic heterocycles. The summed E-state index contributed by atoms with van der Waals surface area (Å²) in [7, 11) is 1.26. The van der Waals surface area contributed by atoms with Crippen LogP contribution in [-0.4, -0.2) is 20.2 Å². The van der Waals surface area contributed by atoms with Crippen LogP contribution in [0.4, 0.5) is 8.78 Å². The molecule has 1 fully saturated rings. The summed E-state index contributed by atoms with van der Waals surface area (Å²) in [5.41, 5.74) is 0.704. The van der Waals surface area contributed by atoms with E-state index in [0.717, 1.165) is 19.5 Å². The molecule has 0 radical (unpaired) electrons. The Hall–Kier alpha value is -0.870. The van der Waals surface area contributed by atoms with Gasteiger partial charge in [-0.2, -0.15) is 0 Å². The third kappa shape index (κ3) is 2.44. The van der Waals surface area contributed by atoms with E-state index < -0.39 is 11.6 Å². The molecule has 1 aromatic carbocycles. The number of halogens is 3. The van der Waals surface area contributed by atoms with Crippen LogP contribution < -0.4 is 10.1 Å². The molecule has 0 spiro atoms. The lowest BCUT2D eigenvalue weighted by Crippen LogP contribution is -2.08. The van der Waals surface area contributed by atoms with E-state index in [2.05, 4.69) is 10.1 Å². The van der Waals surface area contributed by atoms with Crippen molar-refractivity contribution >= 4 is 12.4 Å². The molecule has 0 amide bonds. The molecule has 1 heterocycles. The van der Waals surface area contributed by atoms with Gasteiger partial charge in [0.25, 0.3) is 0 Å². The Morgan fingerprint density at radius 2 is 1.94 bits per heavy atom. The first-order valence-electron chi connectivity index (χ1n) is 4.96. The minimum Gasteiger partial charge on any atom is -0.491 e. The molecule has 90 valence electrons. The van der Waals surface area contributed by atoms with Gasteiger partial charge in [-0.15, -0.1) is 12.4 Å². The molecule has 1 N–H and O–H groups in total. The highest BCUT2D eigenvalue weighted by atomic mass is 35.5. The Kier molecular flexibility index (Phi) is 4.50. The molecule has 0 bridgehead atoms. The quantitative estimate of drug-likeness (QED) is 0.870. The second kappa shape index (κ2) is 5.46. The van der Waals surface area contributed by atoms with Gasteiger partial charge in [0.15, 0.2) is 17.4 Å². The molecule has 1 saturated heterocycles. The summed E-state index contributed by atoms with van der Waals surface area (Å²) >= 11 is 0. The minimum absolute atomic E-state index is 0. The Balaban J connectivity index is 0.00000128. The number of rotatable bonds is 2. The van der Waals surface area contributed by atoms with E-state index in [1.807, 2.05) is 0 Å². The van der Waals surface area contributed by atoms with Crippen LogP contribution in [0.25, 0.3) is 0 Å². The first-order chi connectivity index (χ1) is 7.22. The maximum Gasteiger partial charge on any atom is 0.190 e. The lowest BCUT2D eigenvalue weighted by Gasteiger charge is -2.11. The molecule has 2 rings (SSSR count). The van der Waals surface area contributed by atoms with Crippen LogP contribution >= 0.6 is 12.4 Å². The van der Waals surface area contributed by atoms with Crippen molar-refractivity contribution in [3.63, 3.8) is 0 Å². The summed E-state index contributed by atoms with van der Waals surface area (Å²) in [5, 5.41) is 3.16. The zero-order valence-electron chi connectivity index (χ0n) is 8.93. The standard InChI is InChI=1S/C11H13F2NO.ClH/c1-15-11-9(12)4-8(5-10(11)13)7-2-3-14-6-7;/h4-5,7,14H,2-3,6H2,1H3;1H. The normalized spacial score (nSPS) is 19.3. The topological polar surface area (TPSA) is 21.3 Å². The highest BCUT2D eigenvalue weighted by Crippen LogP contribution is 2.29. The van der Waals surface area contributed by atoms with Crippen LogP contribution in [0.3, 0.4) is 0 Å². The van der Waals surface area contributed by atoms with Gasteiger partial charge in [0, 0.05) is 6.54 Å². The van der Waals surface area contributed by atoms with Gasteiger partial charge in [-0.1, -0.05) is 0 Å². The van der Waals surface area contributed by atoms with Crippen LogP contribution in [0.5, 0.6) is 5.75 Å². The Morgan fingerprint density at radius 3 is 2.38 bits per heavy atom. The van der Waals surface area contributed by atoms with E-state index in [-0.39, 0.29) is 24.1 Å². The molecule has 16 heavy (non-hydrogen) atoms. The fourth-order valence-electron chi connectivity index (χ4n) is 1.95. The minimum atomic E-state index is -0.626. The fourth-order valence-corrected chi connectivity index (χ4v) is 1.95. The smallest absolute Gasteiger partial charge is 0.190 e. The van der Waals surface area contributed by atoms with Crippen molar-refractivity contribution in [1.29, 1.82) is 0 Å². The van der Waals surface area contributed by atoms with Crippen molar-refractivity contribution in [3.05, 3.63) is 29.3 Å². The summed E-state index contributed by atoms with van der Waals surface area (Å²) in [4.78, 5) is 0. The molecular weight excluding hydrogens is 236 g/mol. The maximum absolute atomic E-state index is 13.4. The fraction of sp³-hybridized carbons (Fsp3) is 0.455. The van der Waals surface area contributed by atoms with Gasteiger partial charge < -0.3 is 10.1 Å². The SMILES string of the molecule is COc1c(F)cc(C2CCNC2)cc1F.Cl. The van der Waals surface area contributed by atoms with E-state index in [4.69, 9.17) is 0 Å². The van der Waals surface area contributed by atoms with Crippen LogP contribution in [0.2, 0.25) is 0 Å². The lowest BCUT2D eigenvalue weighted by atomic mass is 9.98. The average molecular weight is 250 g/mol. The molecule has 0 aromatic heterocycles. The number of hydrogen-bond donors (Lipinski definition) is 1. The Labute approximate surface area is 99.4 Å². The van der Waals surface area contributed by atoms with Gasteiger partial charge in [-0.3, -0.25) is 0 Å². The average Bonchev–Trinajstić information content (AvgIpc) is 2.69. The van der Waals surface area contributed by atoms with Crippen molar-refractivity contribution in [2.24, 2.45) is 0 Å². The second-order valence-electron chi connectivity index (χ2n) is 3.71. The number of benzene rings is 1. The highest BCUT2D eigenvalue weighted by Gasteiger charge is 2.20. The molecule has 1 atom stereocenters. The van der Waals surface area contributed by atoms with Crippen molar-refractivity contribution in [1.82, 2.24) is 5.32 Å². The van der Waals surface area contributed by atoms with Gasteiger partial charge >= 0.3 is 0 Å². The van der Waals surface area contributed by atoms with Crippen molar-refractivity contribution < 1.29 is 13.5 Å². The summed E-state index contributed by atoms with van der Waals surface area (Å²) in [6.45, 7) is 1.69. The Bertz CT molecular complexity index is 344. The van der Waals surface area contributed by atoms with Crippen LogP contribution in [0, 0.1) is 11.6 Å². The van der Waals surface area contributed by atoms with Crippen LogP contribution in [0.1, 0.15) is 17.9 Å². The van der Waals surface area contributed by atoms with Crippen LogP contribution in [0.15, 0.2) is 12.1 Å². The Morgan fingerprint density at radius 1 is 1.31 bits per heavy atom. The maximum atomic E-state index is 13.4. The lowest BCUT2D eigenvalue weighted by molar-refractivity contribution is 0.359. The van der Waals surface area contributed by atoms with Crippen molar-refractivity contribution in [3.8, 4) is 5.75 Å². The third-order valence-electron chi connectivity index (χ3n) is 2.76. The summed E-state index contributed by atoms with van der Waals surface area (Å²) in [6.07, 6.45) is 0.922. The van der Waals surface area contributed by atoms with Gasteiger partial charge in [0.1, 0.15) is 0 Å².